The molecule has 2 nitrogen and oxygen atoms in total. The van der Waals surface area contributed by atoms with Gasteiger partial charge in [0.2, 0.25) is 0 Å². The number of nitrogens with one attached hydrogen (secondary N) is 1. The smallest absolute Gasteiger partial charge is 0.126 e. The molecule has 0 aromatic carbocycles. The lowest BCUT2D eigenvalue weighted by Gasteiger charge is -2.02. The van der Waals surface area contributed by atoms with Crippen LogP contribution in [0, 0.1) is 0 Å². The molecule has 2 heterocycles. The summed E-state index contributed by atoms with van der Waals surface area (Å²) >= 11 is 5.13. The molecular weight excluding hydrogens is 260 g/mol. The molecule has 0 unspecified atom stereocenters. The molecule has 14 heavy (non-hydrogen) atoms. The predicted octanol–water partition coefficient (Wildman–Crippen LogP) is 3.52. The van der Waals surface area contributed by atoms with Gasteiger partial charge in [-0.05, 0) is 45.1 Å². The van der Waals surface area contributed by atoms with Gasteiger partial charge >= 0.3 is 0 Å². The molecule has 0 saturated carbocycles. The van der Waals surface area contributed by atoms with Gasteiger partial charge in [-0.1, -0.05) is 6.07 Å². The van der Waals surface area contributed by atoms with E-state index in [1.165, 1.54) is 5.56 Å². The Hall–Kier alpha value is -0.870. The van der Waals surface area contributed by atoms with E-state index in [2.05, 4.69) is 37.7 Å². The van der Waals surface area contributed by atoms with Crippen molar-refractivity contribution in [3.05, 3.63) is 45.2 Å². The minimum Gasteiger partial charge on any atom is -0.366 e. The first-order valence-corrected chi connectivity index (χ1v) is 5.90. The normalized spacial score (nSPS) is 10.1. The Morgan fingerprint density at radius 3 is 3.00 bits per heavy atom. The monoisotopic (exact) mass is 268 g/mol. The SMILES string of the molecule is Brc1cc(CNc2ccccn2)cs1. The zero-order valence-electron chi connectivity index (χ0n) is 7.40. The standard InChI is InChI=1S/C10H9BrN2S/c11-9-5-8(7-14-9)6-13-10-3-1-2-4-12-10/h1-5,7H,6H2,(H,12,13). The van der Waals surface area contributed by atoms with Gasteiger partial charge in [0.05, 0.1) is 3.79 Å². The Labute approximate surface area is 95.1 Å². The second-order valence-electron chi connectivity index (χ2n) is 2.83. The first-order valence-electron chi connectivity index (χ1n) is 4.22. The van der Waals surface area contributed by atoms with Crippen LogP contribution in [0.15, 0.2) is 39.6 Å². The first kappa shape index (κ1) is 9.68. The fourth-order valence-corrected chi connectivity index (χ4v) is 2.31. The molecule has 0 aliphatic carbocycles. The highest BCUT2D eigenvalue weighted by Crippen LogP contribution is 2.21. The number of aromatic nitrogens is 1. The van der Waals surface area contributed by atoms with Crippen molar-refractivity contribution in [2.24, 2.45) is 0 Å². The quantitative estimate of drug-likeness (QED) is 0.922. The van der Waals surface area contributed by atoms with Crippen molar-refractivity contribution in [2.75, 3.05) is 5.32 Å². The molecule has 0 atom stereocenters. The van der Waals surface area contributed by atoms with Crippen LogP contribution in [0.1, 0.15) is 5.56 Å². The van der Waals surface area contributed by atoms with Crippen LogP contribution in [0.2, 0.25) is 0 Å². The maximum atomic E-state index is 4.18. The van der Waals surface area contributed by atoms with Crippen LogP contribution in [-0.2, 0) is 6.54 Å². The third-order valence-electron chi connectivity index (χ3n) is 1.76. The van der Waals surface area contributed by atoms with Crippen molar-refractivity contribution in [3.63, 3.8) is 0 Å². The van der Waals surface area contributed by atoms with Gasteiger partial charge in [0.25, 0.3) is 0 Å². The van der Waals surface area contributed by atoms with E-state index in [4.69, 9.17) is 0 Å². The van der Waals surface area contributed by atoms with Gasteiger partial charge in [-0.15, -0.1) is 11.3 Å². The summed E-state index contributed by atoms with van der Waals surface area (Å²) in [5, 5.41) is 5.37. The summed E-state index contributed by atoms with van der Waals surface area (Å²) in [7, 11) is 0. The number of pyridine rings is 1. The van der Waals surface area contributed by atoms with Gasteiger partial charge in [0.15, 0.2) is 0 Å². The second-order valence-corrected chi connectivity index (χ2v) is 5.12. The Kier molecular flexibility index (Phi) is 3.16. The predicted molar refractivity (Wildman–Crippen MR) is 63.6 cm³/mol. The van der Waals surface area contributed by atoms with Crippen molar-refractivity contribution < 1.29 is 0 Å². The molecule has 0 amide bonds. The lowest BCUT2D eigenvalue weighted by Crippen LogP contribution is -1.99. The zero-order chi connectivity index (χ0) is 9.80. The highest BCUT2D eigenvalue weighted by Gasteiger charge is 1.97. The number of thiophene rings is 1. The Bertz CT molecular complexity index is 400. The molecule has 0 bridgehead atoms. The molecule has 2 aromatic heterocycles. The summed E-state index contributed by atoms with van der Waals surface area (Å²) in [6, 6.07) is 7.95. The van der Waals surface area contributed by atoms with Crippen molar-refractivity contribution in [3.8, 4) is 0 Å². The van der Waals surface area contributed by atoms with Gasteiger partial charge in [0.1, 0.15) is 5.82 Å². The third-order valence-corrected chi connectivity index (χ3v) is 3.31. The minimum atomic E-state index is 0.819. The Morgan fingerprint density at radius 1 is 1.43 bits per heavy atom. The van der Waals surface area contributed by atoms with Gasteiger partial charge in [0, 0.05) is 12.7 Å². The third kappa shape index (κ3) is 2.56. The van der Waals surface area contributed by atoms with E-state index in [1.54, 1.807) is 17.5 Å². The van der Waals surface area contributed by atoms with Gasteiger partial charge in [-0.2, -0.15) is 0 Å². The van der Waals surface area contributed by atoms with Crippen molar-refractivity contribution in [1.29, 1.82) is 0 Å². The highest BCUT2D eigenvalue weighted by atomic mass is 79.9. The molecule has 0 fully saturated rings. The van der Waals surface area contributed by atoms with Gasteiger partial charge in [-0.25, -0.2) is 4.98 Å². The fraction of sp³-hybridized carbons (Fsp3) is 0.100. The van der Waals surface area contributed by atoms with E-state index in [0.717, 1.165) is 16.1 Å². The Morgan fingerprint density at radius 2 is 2.36 bits per heavy atom. The van der Waals surface area contributed by atoms with Crippen molar-refractivity contribution in [2.45, 2.75) is 6.54 Å². The molecule has 0 saturated heterocycles. The van der Waals surface area contributed by atoms with E-state index in [1.807, 2.05) is 18.2 Å². The largest absolute Gasteiger partial charge is 0.366 e. The topological polar surface area (TPSA) is 24.9 Å². The van der Waals surface area contributed by atoms with Gasteiger partial charge in [-0.3, -0.25) is 0 Å². The number of rotatable bonds is 3. The lowest BCUT2D eigenvalue weighted by molar-refractivity contribution is 1.12. The minimum absolute atomic E-state index is 0.819. The van der Waals surface area contributed by atoms with E-state index in [0.29, 0.717) is 0 Å². The van der Waals surface area contributed by atoms with Crippen LogP contribution >= 0.6 is 27.3 Å². The molecule has 72 valence electrons. The van der Waals surface area contributed by atoms with E-state index < -0.39 is 0 Å². The summed E-state index contributed by atoms with van der Waals surface area (Å²) < 4.78 is 1.16. The first-order chi connectivity index (χ1) is 6.84. The Balaban J connectivity index is 1.95. The summed E-state index contributed by atoms with van der Waals surface area (Å²) in [4.78, 5) is 4.18. The van der Waals surface area contributed by atoms with E-state index in [9.17, 15) is 0 Å². The lowest BCUT2D eigenvalue weighted by atomic mass is 10.3. The number of hydrogen-bond acceptors (Lipinski definition) is 3. The molecule has 0 radical (unpaired) electrons. The summed E-state index contributed by atoms with van der Waals surface area (Å²) in [6.07, 6.45) is 1.78. The van der Waals surface area contributed by atoms with E-state index >= 15 is 0 Å². The molecule has 4 heteroatoms. The van der Waals surface area contributed by atoms with Crippen LogP contribution in [0.5, 0.6) is 0 Å². The van der Waals surface area contributed by atoms with Crippen LogP contribution in [-0.4, -0.2) is 4.98 Å². The summed E-state index contributed by atoms with van der Waals surface area (Å²) in [5.41, 5.74) is 1.27. The van der Waals surface area contributed by atoms with Crippen LogP contribution in [0.25, 0.3) is 0 Å². The molecule has 2 aromatic rings. The van der Waals surface area contributed by atoms with Gasteiger partial charge < -0.3 is 5.32 Å². The molecule has 2 rings (SSSR count). The van der Waals surface area contributed by atoms with Crippen LogP contribution in [0.4, 0.5) is 5.82 Å². The van der Waals surface area contributed by atoms with Crippen LogP contribution in [0.3, 0.4) is 0 Å². The zero-order valence-corrected chi connectivity index (χ0v) is 9.81. The average Bonchev–Trinajstić information content (AvgIpc) is 2.63. The fourth-order valence-electron chi connectivity index (χ4n) is 1.10. The number of anilines is 1. The average molecular weight is 269 g/mol. The molecule has 0 spiro atoms. The summed E-state index contributed by atoms with van der Waals surface area (Å²) in [5.74, 6) is 0.912. The number of nitrogens with zero attached hydrogens (tertiary/aromatic N) is 1. The number of hydrogen-bond donors (Lipinski definition) is 1. The summed E-state index contributed by atoms with van der Waals surface area (Å²) in [6.45, 7) is 0.819. The maximum absolute atomic E-state index is 4.18. The molecule has 0 aliphatic heterocycles. The maximum Gasteiger partial charge on any atom is 0.126 e. The molecular formula is C10H9BrN2S. The molecule has 1 N–H and O–H groups in total. The highest BCUT2D eigenvalue weighted by molar-refractivity contribution is 9.11. The van der Waals surface area contributed by atoms with Crippen molar-refractivity contribution >= 4 is 33.1 Å². The number of halogens is 1. The second kappa shape index (κ2) is 4.57. The van der Waals surface area contributed by atoms with Crippen LogP contribution < -0.4 is 5.32 Å². The van der Waals surface area contributed by atoms with Crippen molar-refractivity contribution in [1.82, 2.24) is 4.98 Å². The van der Waals surface area contributed by atoms with E-state index in [-0.39, 0.29) is 0 Å². The molecule has 0 aliphatic rings.